The largest absolute Gasteiger partial charge is 0.486 e. The van der Waals surface area contributed by atoms with E-state index < -0.39 is 0 Å². The molecule has 11 nitrogen and oxygen atoms in total. The van der Waals surface area contributed by atoms with Crippen molar-refractivity contribution in [1.82, 2.24) is 14.9 Å². The third kappa shape index (κ3) is 7.73. The lowest BCUT2D eigenvalue weighted by molar-refractivity contribution is -0.111. The fourth-order valence-corrected chi connectivity index (χ4v) is 5.44. The number of carbonyl (C=O) groups excluding carboxylic acids is 1. The van der Waals surface area contributed by atoms with Gasteiger partial charge in [-0.15, -0.1) is 0 Å². The Kier molecular flexibility index (Phi) is 10.2. The smallest absolute Gasteiger partial charge is 0.248 e. The normalized spacial score (nSPS) is 16.7. The second-order valence-electron chi connectivity index (χ2n) is 10.8. The molecule has 2 N–H and O–H groups in total. The van der Waals surface area contributed by atoms with E-state index in [2.05, 4.69) is 31.6 Å². The Morgan fingerprint density at radius 1 is 1.09 bits per heavy atom. The molecule has 0 radical (unpaired) electrons. The highest BCUT2D eigenvalue weighted by molar-refractivity contribution is 6.32. The van der Waals surface area contributed by atoms with Crippen molar-refractivity contribution >= 4 is 45.5 Å². The second-order valence-corrected chi connectivity index (χ2v) is 11.2. The number of nitrogens with zero attached hydrogens (tertiary/aromatic N) is 4. The molecule has 1 atom stereocenters. The molecule has 2 aromatic carbocycles. The first-order chi connectivity index (χ1) is 22.6. The summed E-state index contributed by atoms with van der Waals surface area (Å²) >= 11 is 6.58. The van der Waals surface area contributed by atoms with Crippen molar-refractivity contribution < 1.29 is 23.7 Å². The van der Waals surface area contributed by atoms with Crippen molar-refractivity contribution in [3.8, 4) is 17.6 Å². The number of nitrogens with one attached hydrogen (secondary N) is 2. The van der Waals surface area contributed by atoms with Gasteiger partial charge in [-0.25, -0.2) is 0 Å². The lowest BCUT2D eigenvalue weighted by Crippen LogP contribution is -2.36. The monoisotopic (exact) mass is 640 g/mol. The van der Waals surface area contributed by atoms with Crippen LogP contribution >= 0.6 is 11.6 Å². The summed E-state index contributed by atoms with van der Waals surface area (Å²) in [5, 5.41) is 17.3. The highest BCUT2D eigenvalue weighted by Crippen LogP contribution is 2.39. The number of pyridine rings is 2. The van der Waals surface area contributed by atoms with E-state index in [0.29, 0.717) is 83.0 Å². The summed E-state index contributed by atoms with van der Waals surface area (Å²) < 4.78 is 23.0. The van der Waals surface area contributed by atoms with Gasteiger partial charge in [0.15, 0.2) is 0 Å². The highest BCUT2D eigenvalue weighted by atomic mass is 35.5. The molecule has 0 aliphatic carbocycles. The SMILES string of the molecule is N#Cc1cnc2c(NC(=O)/C=C/CN3CCOCC3)c(O[C@H]3CCOC3)ccc2c1Nc1ccc(OCc2ccccn2)c(Cl)c1. The molecule has 4 aromatic rings. The zero-order chi connectivity index (χ0) is 31.7. The number of hydrogen-bond acceptors (Lipinski definition) is 10. The van der Waals surface area contributed by atoms with Gasteiger partial charge in [-0.1, -0.05) is 23.7 Å². The van der Waals surface area contributed by atoms with E-state index in [4.69, 9.17) is 30.5 Å². The van der Waals surface area contributed by atoms with Crippen LogP contribution in [0.15, 0.2) is 73.1 Å². The van der Waals surface area contributed by atoms with E-state index in [1.807, 2.05) is 36.4 Å². The van der Waals surface area contributed by atoms with Crippen molar-refractivity contribution in [2.45, 2.75) is 19.1 Å². The van der Waals surface area contributed by atoms with E-state index in [9.17, 15) is 10.1 Å². The first-order valence-electron chi connectivity index (χ1n) is 15.0. The molecule has 46 heavy (non-hydrogen) atoms. The van der Waals surface area contributed by atoms with Gasteiger partial charge < -0.3 is 29.6 Å². The number of benzene rings is 2. The molecule has 2 aliphatic rings. The molecule has 0 saturated carbocycles. The standard InChI is InChI=1S/C34H33ClN6O5/c35-28-18-24(6-8-29(28)45-21-25-4-1-2-11-37-25)39-32-23(19-36)20-38-33-27(32)7-9-30(46-26-10-15-44-22-26)34(33)40-31(42)5-3-12-41-13-16-43-17-14-41/h1-9,11,18,20,26H,10,12-17,21-22H2,(H,38,39)(H,40,42)/b5-3+/t26-/m0/s1. The second kappa shape index (κ2) is 15.0. The zero-order valence-corrected chi connectivity index (χ0v) is 25.8. The van der Waals surface area contributed by atoms with E-state index in [1.165, 1.54) is 12.3 Å². The summed E-state index contributed by atoms with van der Waals surface area (Å²) in [6.45, 7) is 5.00. The number of hydrogen-bond donors (Lipinski definition) is 2. The van der Waals surface area contributed by atoms with Gasteiger partial charge in [0, 0.05) is 55.6 Å². The van der Waals surface area contributed by atoms with Gasteiger partial charge in [-0.3, -0.25) is 19.7 Å². The van der Waals surface area contributed by atoms with Crippen LogP contribution in [0.25, 0.3) is 10.9 Å². The summed E-state index contributed by atoms with van der Waals surface area (Å²) in [4.78, 5) is 24.2. The molecule has 0 spiro atoms. The molecular weight excluding hydrogens is 608 g/mol. The number of anilines is 3. The Labute approximate surface area is 271 Å². The van der Waals surface area contributed by atoms with Gasteiger partial charge in [-0.05, 0) is 42.5 Å². The number of rotatable bonds is 11. The molecule has 0 bridgehead atoms. The minimum Gasteiger partial charge on any atom is -0.486 e. The number of morpholine rings is 1. The Bertz CT molecular complexity index is 1750. The molecule has 0 unspecified atom stereocenters. The average Bonchev–Trinajstić information content (AvgIpc) is 3.60. The molecule has 236 valence electrons. The Hall–Kier alpha value is -4.73. The molecule has 2 aromatic heterocycles. The first-order valence-corrected chi connectivity index (χ1v) is 15.4. The van der Waals surface area contributed by atoms with Crippen LogP contribution in [0, 0.1) is 11.3 Å². The predicted octanol–water partition coefficient (Wildman–Crippen LogP) is 5.47. The number of amides is 1. The van der Waals surface area contributed by atoms with E-state index in [-0.39, 0.29) is 18.6 Å². The molecule has 2 fully saturated rings. The van der Waals surface area contributed by atoms with Crippen LogP contribution in [0.1, 0.15) is 17.7 Å². The molecule has 1 amide bonds. The maximum atomic E-state index is 13.2. The summed E-state index contributed by atoms with van der Waals surface area (Å²) in [6.07, 6.45) is 7.11. The minimum atomic E-state index is -0.318. The van der Waals surface area contributed by atoms with Crippen molar-refractivity contribution in [3.05, 3.63) is 89.4 Å². The van der Waals surface area contributed by atoms with Crippen LogP contribution in [0.4, 0.5) is 17.1 Å². The number of carbonyl (C=O) groups is 1. The molecule has 12 heteroatoms. The van der Waals surface area contributed by atoms with E-state index in [1.54, 1.807) is 24.4 Å². The van der Waals surface area contributed by atoms with Gasteiger partial charge in [0.05, 0.1) is 53.9 Å². The van der Waals surface area contributed by atoms with Crippen LogP contribution in [0.2, 0.25) is 5.02 Å². The maximum absolute atomic E-state index is 13.2. The predicted molar refractivity (Wildman–Crippen MR) is 175 cm³/mol. The third-order valence-electron chi connectivity index (χ3n) is 7.59. The van der Waals surface area contributed by atoms with Crippen LogP contribution in [-0.2, 0) is 20.9 Å². The molecule has 2 aliphatic heterocycles. The van der Waals surface area contributed by atoms with Gasteiger partial charge in [0.25, 0.3) is 0 Å². The van der Waals surface area contributed by atoms with Crippen LogP contribution in [0.3, 0.4) is 0 Å². The zero-order valence-electron chi connectivity index (χ0n) is 25.1. The molecule has 4 heterocycles. The maximum Gasteiger partial charge on any atom is 0.248 e. The van der Waals surface area contributed by atoms with Gasteiger partial charge in [0.1, 0.15) is 36.0 Å². The molecular formula is C34H33ClN6O5. The van der Waals surface area contributed by atoms with E-state index >= 15 is 0 Å². The van der Waals surface area contributed by atoms with Gasteiger partial charge in [-0.2, -0.15) is 5.26 Å². The lowest BCUT2D eigenvalue weighted by Gasteiger charge is -2.25. The van der Waals surface area contributed by atoms with Gasteiger partial charge in [0.2, 0.25) is 5.91 Å². The van der Waals surface area contributed by atoms with Crippen LogP contribution in [0.5, 0.6) is 11.5 Å². The average molecular weight is 641 g/mol. The quantitative estimate of drug-likeness (QED) is 0.203. The third-order valence-corrected chi connectivity index (χ3v) is 7.89. The van der Waals surface area contributed by atoms with E-state index in [0.717, 1.165) is 25.2 Å². The summed E-state index contributed by atoms with van der Waals surface area (Å²) in [5.74, 6) is 0.655. The summed E-state index contributed by atoms with van der Waals surface area (Å²) in [6, 6.07) is 16.7. The van der Waals surface area contributed by atoms with Crippen LogP contribution < -0.4 is 20.1 Å². The Balaban J connectivity index is 1.27. The van der Waals surface area contributed by atoms with Crippen LogP contribution in [-0.4, -0.2) is 72.9 Å². The molecule has 6 rings (SSSR count). The number of ether oxygens (including phenoxy) is 4. The number of fused-ring (bicyclic) bond motifs is 1. The molecule has 2 saturated heterocycles. The lowest BCUT2D eigenvalue weighted by atomic mass is 10.1. The fraction of sp³-hybridized carbons (Fsp3) is 0.294. The van der Waals surface area contributed by atoms with Crippen molar-refractivity contribution in [1.29, 1.82) is 5.26 Å². The number of aromatic nitrogens is 2. The van der Waals surface area contributed by atoms with Crippen molar-refractivity contribution in [2.24, 2.45) is 0 Å². The topological polar surface area (TPSA) is 131 Å². The fourth-order valence-electron chi connectivity index (χ4n) is 5.20. The van der Waals surface area contributed by atoms with Crippen molar-refractivity contribution in [3.63, 3.8) is 0 Å². The Morgan fingerprint density at radius 2 is 1.96 bits per heavy atom. The summed E-state index contributed by atoms with van der Waals surface area (Å²) in [7, 11) is 0. The number of halogens is 1. The first kappa shape index (κ1) is 31.3. The van der Waals surface area contributed by atoms with Crippen molar-refractivity contribution in [2.75, 3.05) is 56.7 Å². The highest BCUT2D eigenvalue weighted by Gasteiger charge is 2.22. The number of nitriles is 1. The minimum absolute atomic E-state index is 0.151. The van der Waals surface area contributed by atoms with Gasteiger partial charge >= 0.3 is 0 Å². The Morgan fingerprint density at radius 3 is 2.72 bits per heavy atom. The summed E-state index contributed by atoms with van der Waals surface area (Å²) in [5.41, 5.74) is 3.13.